The molecule has 5 heteroatoms. The molecule has 0 atom stereocenters. The van der Waals surface area contributed by atoms with Crippen LogP contribution < -0.4 is 0 Å². The van der Waals surface area contributed by atoms with Crippen molar-refractivity contribution in [3.63, 3.8) is 0 Å². The summed E-state index contributed by atoms with van der Waals surface area (Å²) in [6.07, 6.45) is 0. The summed E-state index contributed by atoms with van der Waals surface area (Å²) in [7, 11) is 0. The van der Waals surface area contributed by atoms with Crippen LogP contribution in [0.5, 0.6) is 0 Å². The highest BCUT2D eigenvalue weighted by molar-refractivity contribution is 8.01. The molecule has 0 fully saturated rings. The van der Waals surface area contributed by atoms with Gasteiger partial charge in [-0.15, -0.1) is 11.3 Å². The lowest BCUT2D eigenvalue weighted by Crippen LogP contribution is -2.43. The molecule has 0 unspecified atom stereocenters. The van der Waals surface area contributed by atoms with Crippen molar-refractivity contribution in [3.8, 4) is 0 Å². The van der Waals surface area contributed by atoms with Crippen molar-refractivity contribution in [2.75, 3.05) is 5.75 Å². The highest BCUT2D eigenvalue weighted by Gasteiger charge is 2.20. The lowest BCUT2D eigenvalue weighted by Gasteiger charge is -2.30. The zero-order valence-corrected chi connectivity index (χ0v) is 13.9. The number of carbonyl (C=O) groups is 1. The molecular formula is C15H20N2OS2. The Morgan fingerprint density at radius 3 is 2.50 bits per heavy atom. The maximum absolute atomic E-state index is 12.3. The van der Waals surface area contributed by atoms with Crippen molar-refractivity contribution in [1.82, 2.24) is 9.88 Å². The summed E-state index contributed by atoms with van der Waals surface area (Å²) in [6, 6.07) is 8.54. The average molecular weight is 308 g/mol. The quantitative estimate of drug-likeness (QED) is 0.782. The van der Waals surface area contributed by atoms with E-state index < -0.39 is 0 Å². The van der Waals surface area contributed by atoms with Crippen LogP contribution >= 0.6 is 23.1 Å². The van der Waals surface area contributed by atoms with Gasteiger partial charge in [-0.3, -0.25) is 4.79 Å². The van der Waals surface area contributed by atoms with E-state index in [0.717, 1.165) is 9.86 Å². The molecule has 0 aliphatic carbocycles. The van der Waals surface area contributed by atoms with Crippen LogP contribution in [0.2, 0.25) is 0 Å². The number of hydrogen-bond donors (Lipinski definition) is 0. The van der Waals surface area contributed by atoms with Gasteiger partial charge in [-0.25, -0.2) is 4.98 Å². The van der Waals surface area contributed by atoms with Crippen molar-refractivity contribution >= 4 is 39.2 Å². The van der Waals surface area contributed by atoms with Crippen LogP contribution in [0.15, 0.2) is 28.6 Å². The highest BCUT2D eigenvalue weighted by atomic mass is 32.2. The van der Waals surface area contributed by atoms with E-state index in [1.807, 2.05) is 23.1 Å². The smallest absolute Gasteiger partial charge is 0.233 e. The molecule has 0 N–H and O–H groups in total. The lowest BCUT2D eigenvalue weighted by atomic mass is 10.2. The predicted octanol–water partition coefficient (Wildman–Crippen LogP) is 4.03. The highest BCUT2D eigenvalue weighted by Crippen LogP contribution is 2.29. The van der Waals surface area contributed by atoms with Crippen LogP contribution in [-0.2, 0) is 4.79 Å². The topological polar surface area (TPSA) is 33.2 Å². The van der Waals surface area contributed by atoms with E-state index in [9.17, 15) is 4.79 Å². The standard InChI is InChI=1S/C15H20N2OS2/c1-10(2)17(11(3)4)14(18)9-19-15-16-12-7-5-6-8-13(12)20-15/h5-8,10-11H,9H2,1-4H3. The molecule has 0 aliphatic rings. The fourth-order valence-corrected chi connectivity index (χ4v) is 4.22. The van der Waals surface area contributed by atoms with Crippen LogP contribution in [-0.4, -0.2) is 33.6 Å². The van der Waals surface area contributed by atoms with Gasteiger partial charge in [0.25, 0.3) is 0 Å². The third-order valence-electron chi connectivity index (χ3n) is 2.99. The number of fused-ring (bicyclic) bond motifs is 1. The number of para-hydroxylation sites is 1. The molecule has 1 aromatic carbocycles. The number of thioether (sulfide) groups is 1. The number of nitrogens with zero attached hydrogens (tertiary/aromatic N) is 2. The fraction of sp³-hybridized carbons (Fsp3) is 0.467. The minimum absolute atomic E-state index is 0.180. The van der Waals surface area contributed by atoms with Crippen molar-refractivity contribution in [2.45, 2.75) is 44.1 Å². The molecule has 3 nitrogen and oxygen atoms in total. The third-order valence-corrected chi connectivity index (χ3v) is 5.16. The summed E-state index contributed by atoms with van der Waals surface area (Å²) >= 11 is 3.18. The van der Waals surface area contributed by atoms with Gasteiger partial charge in [0.1, 0.15) is 0 Å². The Bertz CT molecular complexity index is 551. The Balaban J connectivity index is 2.02. The maximum atomic E-state index is 12.3. The first-order valence-corrected chi connectivity index (χ1v) is 8.58. The monoisotopic (exact) mass is 308 g/mol. The van der Waals surface area contributed by atoms with Crippen molar-refractivity contribution in [2.24, 2.45) is 0 Å². The zero-order valence-electron chi connectivity index (χ0n) is 12.3. The summed E-state index contributed by atoms with van der Waals surface area (Å²) in [5.74, 6) is 0.634. The van der Waals surface area contributed by atoms with Gasteiger partial charge in [0, 0.05) is 12.1 Å². The van der Waals surface area contributed by atoms with Gasteiger partial charge in [0.2, 0.25) is 5.91 Å². The summed E-state index contributed by atoms with van der Waals surface area (Å²) in [5, 5.41) is 0. The van der Waals surface area contributed by atoms with E-state index in [1.165, 1.54) is 16.5 Å². The molecule has 0 bridgehead atoms. The third kappa shape index (κ3) is 3.52. The number of carbonyl (C=O) groups excluding carboxylic acids is 1. The van der Waals surface area contributed by atoms with Gasteiger partial charge in [-0.2, -0.15) is 0 Å². The molecule has 1 aromatic heterocycles. The first kappa shape index (κ1) is 15.3. The van der Waals surface area contributed by atoms with E-state index in [2.05, 4.69) is 38.7 Å². The molecule has 0 radical (unpaired) electrons. The molecule has 0 saturated heterocycles. The molecule has 108 valence electrons. The summed E-state index contributed by atoms with van der Waals surface area (Å²) in [5.41, 5.74) is 1.01. The van der Waals surface area contributed by atoms with Crippen LogP contribution in [0.3, 0.4) is 0 Å². The van der Waals surface area contributed by atoms with E-state index in [4.69, 9.17) is 0 Å². The van der Waals surface area contributed by atoms with Crippen molar-refractivity contribution in [1.29, 1.82) is 0 Å². The second-order valence-corrected chi connectivity index (χ2v) is 7.48. The van der Waals surface area contributed by atoms with Gasteiger partial charge in [0.15, 0.2) is 4.34 Å². The van der Waals surface area contributed by atoms with E-state index in [1.54, 1.807) is 11.3 Å². The number of rotatable bonds is 5. The van der Waals surface area contributed by atoms with E-state index in [-0.39, 0.29) is 18.0 Å². The SMILES string of the molecule is CC(C)N(C(=O)CSc1nc2ccccc2s1)C(C)C. The van der Waals surface area contributed by atoms with Gasteiger partial charge in [0.05, 0.1) is 16.0 Å². The first-order chi connectivity index (χ1) is 9.49. The van der Waals surface area contributed by atoms with Gasteiger partial charge in [-0.1, -0.05) is 23.9 Å². The molecule has 2 rings (SSSR count). The Morgan fingerprint density at radius 1 is 1.25 bits per heavy atom. The Morgan fingerprint density at radius 2 is 1.90 bits per heavy atom. The van der Waals surface area contributed by atoms with Crippen molar-refractivity contribution in [3.05, 3.63) is 24.3 Å². The first-order valence-electron chi connectivity index (χ1n) is 6.78. The molecule has 1 heterocycles. The van der Waals surface area contributed by atoms with Crippen LogP contribution in [0, 0.1) is 0 Å². The van der Waals surface area contributed by atoms with E-state index in [0.29, 0.717) is 5.75 Å². The van der Waals surface area contributed by atoms with Crippen molar-refractivity contribution < 1.29 is 4.79 Å². The van der Waals surface area contributed by atoms with Crippen LogP contribution in [0.4, 0.5) is 0 Å². The average Bonchev–Trinajstić information content (AvgIpc) is 2.78. The Labute approximate surface area is 128 Å². The molecular weight excluding hydrogens is 288 g/mol. The molecule has 20 heavy (non-hydrogen) atoms. The number of benzene rings is 1. The fourth-order valence-electron chi connectivity index (χ4n) is 2.28. The normalized spacial score (nSPS) is 11.5. The zero-order chi connectivity index (χ0) is 14.7. The minimum Gasteiger partial charge on any atom is -0.337 e. The van der Waals surface area contributed by atoms with Gasteiger partial charge in [-0.05, 0) is 39.8 Å². The number of amides is 1. The number of aromatic nitrogens is 1. The molecule has 0 saturated carbocycles. The largest absolute Gasteiger partial charge is 0.337 e. The summed E-state index contributed by atoms with van der Waals surface area (Å²) in [6.45, 7) is 8.22. The summed E-state index contributed by atoms with van der Waals surface area (Å²) < 4.78 is 2.14. The van der Waals surface area contributed by atoms with Gasteiger partial charge >= 0.3 is 0 Å². The molecule has 1 amide bonds. The van der Waals surface area contributed by atoms with Gasteiger partial charge < -0.3 is 4.90 Å². The minimum atomic E-state index is 0.180. The number of hydrogen-bond acceptors (Lipinski definition) is 4. The van der Waals surface area contributed by atoms with Crippen LogP contribution in [0.1, 0.15) is 27.7 Å². The Kier molecular flexibility index (Phi) is 5.05. The summed E-state index contributed by atoms with van der Waals surface area (Å²) in [4.78, 5) is 18.8. The second kappa shape index (κ2) is 6.59. The molecule has 0 spiro atoms. The van der Waals surface area contributed by atoms with E-state index >= 15 is 0 Å². The van der Waals surface area contributed by atoms with Crippen LogP contribution in [0.25, 0.3) is 10.2 Å². The predicted molar refractivity (Wildman–Crippen MR) is 87.5 cm³/mol. The second-order valence-electron chi connectivity index (χ2n) is 5.22. The number of thiazole rings is 1. The Hall–Kier alpha value is -1.07. The molecule has 2 aromatic rings. The maximum Gasteiger partial charge on any atom is 0.233 e. The molecule has 0 aliphatic heterocycles. The lowest BCUT2D eigenvalue weighted by molar-refractivity contribution is -0.131.